The molecule has 442 valence electrons. The zero-order valence-corrected chi connectivity index (χ0v) is 44.2. The third-order valence-electron chi connectivity index (χ3n) is 13.0. The van der Waals surface area contributed by atoms with Gasteiger partial charge < -0.3 is 105 Å². The molecular weight excluding hydrogens is 1060 g/mol. The SMILES string of the molecule is CCCCCCC#CCCCOc1cccc(C(=O)N[C@H]2C(O)[C@H](O)C(CO)O[C@H]2O[C@H]2C(O)C(NC(C)=O)C(OC3C(CO)O[C@@H](O[C@H]4C(O)C(NC(C)=O)C(O)O[C@H]4COS(=O)(=O)O)[C@@H](NC(C)=O)[C@@H]3O)O[C@H]2CO)c1. The highest BCUT2D eigenvalue weighted by atomic mass is 32.3. The lowest BCUT2D eigenvalue weighted by atomic mass is 9.93. The van der Waals surface area contributed by atoms with Gasteiger partial charge in [-0.15, -0.1) is 11.8 Å². The topological polar surface area (TPSA) is 436 Å². The van der Waals surface area contributed by atoms with E-state index >= 15 is 0 Å². The molecule has 20 atom stereocenters. The van der Waals surface area contributed by atoms with Gasteiger partial charge in [0.2, 0.25) is 17.7 Å². The van der Waals surface area contributed by atoms with Crippen LogP contribution in [-0.2, 0) is 62.1 Å². The summed E-state index contributed by atoms with van der Waals surface area (Å²) in [6.45, 7) is 1.51. The largest absolute Gasteiger partial charge is 0.494 e. The molecule has 1 aromatic rings. The smallest absolute Gasteiger partial charge is 0.397 e. The Kier molecular flexibility index (Phi) is 25.2. The van der Waals surface area contributed by atoms with Crippen molar-refractivity contribution in [1.82, 2.24) is 21.3 Å². The van der Waals surface area contributed by atoms with E-state index in [1.165, 1.54) is 18.6 Å². The maximum absolute atomic E-state index is 13.8. The zero-order valence-electron chi connectivity index (χ0n) is 43.3. The van der Waals surface area contributed by atoms with Crippen molar-refractivity contribution in [3.05, 3.63) is 29.8 Å². The van der Waals surface area contributed by atoms with Crippen LogP contribution in [0.25, 0.3) is 0 Å². The van der Waals surface area contributed by atoms with Crippen LogP contribution >= 0.6 is 0 Å². The van der Waals surface area contributed by atoms with E-state index in [1.54, 1.807) is 12.1 Å². The first-order valence-corrected chi connectivity index (χ1v) is 26.8. The molecule has 30 heteroatoms. The van der Waals surface area contributed by atoms with Gasteiger partial charge in [-0.1, -0.05) is 32.3 Å². The zero-order chi connectivity index (χ0) is 57.4. The second-order valence-corrected chi connectivity index (χ2v) is 20.1. The van der Waals surface area contributed by atoms with Gasteiger partial charge in [0.25, 0.3) is 5.91 Å². The van der Waals surface area contributed by atoms with Crippen molar-refractivity contribution >= 4 is 34.0 Å². The molecule has 4 aliphatic rings. The van der Waals surface area contributed by atoms with Gasteiger partial charge in [-0.3, -0.25) is 23.7 Å². The van der Waals surface area contributed by atoms with Gasteiger partial charge in [0.15, 0.2) is 25.2 Å². The van der Waals surface area contributed by atoms with Crippen LogP contribution < -0.4 is 26.0 Å². The molecule has 4 aliphatic heterocycles. The number of ether oxygens (including phenoxy) is 8. The van der Waals surface area contributed by atoms with Crippen LogP contribution in [0.15, 0.2) is 24.3 Å². The second kappa shape index (κ2) is 30.5. The third kappa shape index (κ3) is 17.8. The highest BCUT2D eigenvalue weighted by molar-refractivity contribution is 7.80. The van der Waals surface area contributed by atoms with E-state index in [9.17, 15) is 78.1 Å². The summed E-state index contributed by atoms with van der Waals surface area (Å²) in [5, 5.41) is 109. The Morgan fingerprint density at radius 3 is 1.56 bits per heavy atom. The summed E-state index contributed by atoms with van der Waals surface area (Å²) in [6, 6.07) is -0.745. The maximum Gasteiger partial charge on any atom is 0.397 e. The van der Waals surface area contributed by atoms with E-state index < -0.39 is 183 Å². The van der Waals surface area contributed by atoms with Crippen molar-refractivity contribution in [2.24, 2.45) is 0 Å². The van der Waals surface area contributed by atoms with Gasteiger partial charge in [-0.25, -0.2) is 4.18 Å². The molecule has 0 radical (unpaired) electrons. The molecule has 78 heavy (non-hydrogen) atoms. The Labute approximate surface area is 450 Å². The van der Waals surface area contributed by atoms with E-state index in [1.807, 2.05) is 0 Å². The minimum atomic E-state index is -5.16. The molecule has 0 saturated carbocycles. The second-order valence-electron chi connectivity index (χ2n) is 19.0. The maximum atomic E-state index is 13.8. The van der Waals surface area contributed by atoms with E-state index in [0.29, 0.717) is 25.2 Å². The number of benzene rings is 1. The quantitative estimate of drug-likeness (QED) is 0.0248. The molecule has 29 nitrogen and oxygen atoms in total. The highest BCUT2D eigenvalue weighted by Crippen LogP contribution is 2.35. The van der Waals surface area contributed by atoms with Gasteiger partial charge in [0, 0.05) is 39.2 Å². The molecule has 0 spiro atoms. The van der Waals surface area contributed by atoms with Crippen LogP contribution in [-0.4, -0.2) is 238 Å². The highest BCUT2D eigenvalue weighted by Gasteiger charge is 2.56. The fourth-order valence-electron chi connectivity index (χ4n) is 9.21. The Bertz CT molecular complexity index is 2280. The van der Waals surface area contributed by atoms with Gasteiger partial charge in [0.1, 0.15) is 103 Å². The fourth-order valence-corrected chi connectivity index (χ4v) is 9.51. The number of unbranched alkanes of at least 4 members (excludes halogenated alkanes) is 5. The van der Waals surface area contributed by atoms with Crippen LogP contribution in [0.3, 0.4) is 0 Å². The summed E-state index contributed by atoms with van der Waals surface area (Å²) in [5.41, 5.74) is 0.0447. The van der Waals surface area contributed by atoms with Crippen molar-refractivity contribution in [1.29, 1.82) is 0 Å². The van der Waals surface area contributed by atoms with Gasteiger partial charge >= 0.3 is 10.4 Å². The van der Waals surface area contributed by atoms with E-state index in [0.717, 1.165) is 46.5 Å². The summed E-state index contributed by atoms with van der Waals surface area (Å²) < 4.78 is 83.8. The average molecular weight is 1140 g/mol. The van der Waals surface area contributed by atoms with Gasteiger partial charge in [0.05, 0.1) is 33.0 Å². The van der Waals surface area contributed by atoms with Crippen LogP contribution in [0.1, 0.15) is 83.0 Å². The number of aliphatic hydroxyl groups is 9. The summed E-state index contributed by atoms with van der Waals surface area (Å²) in [4.78, 5) is 51.1. The Balaban J connectivity index is 1.35. The number of rotatable bonds is 25. The molecule has 4 fully saturated rings. The lowest BCUT2D eigenvalue weighted by Gasteiger charge is -2.51. The summed E-state index contributed by atoms with van der Waals surface area (Å²) in [5.74, 6) is 3.39. The molecule has 4 amide bonds. The van der Waals surface area contributed by atoms with Crippen molar-refractivity contribution in [2.75, 3.05) is 33.0 Å². The number of carbonyl (C=O) groups is 4. The predicted molar refractivity (Wildman–Crippen MR) is 262 cm³/mol. The standard InChI is InChI=1S/C48H74N4O25S/c1-5-6-7-8-9-10-11-12-13-17-69-27-16-14-15-26(18-27)44(64)52-33-37(60)36(59)28(19-53)72-46(33)75-41-29(20-54)73-47(34(39(41)62)50-24(3)57)76-42-30(21-55)74-48(35(40(42)63)51-25(4)58)77-43-31(22-70-78(66,67)68)71-45(65)32(38(43)61)49-23(2)56/h14-16,18,28-43,45-48,53-55,59-63,65H,5-9,12-13,17,19-22H2,1-4H3,(H,49,56)(H,50,57)(H,51,58)(H,52,64)(H,66,67,68)/t28?,29-,30?,31-,32?,33-,34?,35-,36+,37?,38?,39?,40-,41+,42?,43+,45?,46-,47?,48-/m0/s1. The van der Waals surface area contributed by atoms with Crippen molar-refractivity contribution in [3.63, 3.8) is 0 Å². The molecule has 1 aromatic carbocycles. The van der Waals surface area contributed by atoms with E-state index in [-0.39, 0.29) is 5.56 Å². The minimum absolute atomic E-state index is 0.0447. The normalized spacial score (nSPS) is 35.1. The van der Waals surface area contributed by atoms with Crippen LogP contribution in [0, 0.1) is 11.8 Å². The summed E-state index contributed by atoms with van der Waals surface area (Å²) in [6.07, 6.45) is -23.1. The van der Waals surface area contributed by atoms with E-state index in [2.05, 4.69) is 44.2 Å². The number of nitrogens with one attached hydrogen (secondary N) is 4. The summed E-state index contributed by atoms with van der Waals surface area (Å²) in [7, 11) is -5.16. The van der Waals surface area contributed by atoms with Crippen LogP contribution in [0.4, 0.5) is 0 Å². The molecule has 4 saturated heterocycles. The first-order valence-electron chi connectivity index (χ1n) is 25.4. The molecular formula is C48H74N4O25S. The molecule has 10 unspecified atom stereocenters. The number of carbonyl (C=O) groups excluding carboxylic acids is 4. The van der Waals surface area contributed by atoms with E-state index in [4.69, 9.17) is 37.9 Å². The van der Waals surface area contributed by atoms with Crippen LogP contribution in [0.5, 0.6) is 5.75 Å². The predicted octanol–water partition coefficient (Wildman–Crippen LogP) is -4.92. The van der Waals surface area contributed by atoms with Crippen molar-refractivity contribution in [3.8, 4) is 17.6 Å². The minimum Gasteiger partial charge on any atom is -0.494 e. The average Bonchev–Trinajstić information content (AvgIpc) is 3.38. The first kappa shape index (κ1) is 64.5. The Morgan fingerprint density at radius 2 is 1.06 bits per heavy atom. The summed E-state index contributed by atoms with van der Waals surface area (Å²) >= 11 is 0. The fraction of sp³-hybridized carbons (Fsp3) is 0.750. The first-order chi connectivity index (χ1) is 37.0. The van der Waals surface area contributed by atoms with Gasteiger partial charge in [-0.05, 0) is 31.0 Å². The number of hydrogen-bond donors (Lipinski definition) is 14. The van der Waals surface area contributed by atoms with Crippen molar-refractivity contribution < 1.29 is 120 Å². The Hall–Kier alpha value is -4.31. The number of hydrogen-bond acceptors (Lipinski definition) is 24. The lowest BCUT2D eigenvalue weighted by Crippen LogP contribution is -2.71. The molecule has 5 rings (SSSR count). The number of amides is 4. The van der Waals surface area contributed by atoms with Crippen molar-refractivity contribution in [2.45, 2.75) is 195 Å². The molecule has 0 aromatic heterocycles. The molecule has 14 N–H and O–H groups in total. The monoisotopic (exact) mass is 1140 g/mol. The molecule has 0 bridgehead atoms. The molecule has 4 heterocycles. The van der Waals surface area contributed by atoms with Gasteiger partial charge in [-0.2, -0.15) is 8.42 Å². The Morgan fingerprint density at radius 1 is 0.590 bits per heavy atom. The lowest BCUT2D eigenvalue weighted by molar-refractivity contribution is -0.361. The third-order valence-corrected chi connectivity index (χ3v) is 13.5. The van der Waals surface area contributed by atoms with Crippen LogP contribution in [0.2, 0.25) is 0 Å². The molecule has 0 aliphatic carbocycles. The number of aliphatic hydroxyl groups excluding tert-OH is 9.